The number of aromatic nitrogens is 1. The lowest BCUT2D eigenvalue weighted by molar-refractivity contribution is 0.281. The third-order valence-electron chi connectivity index (χ3n) is 4.44. The van der Waals surface area contributed by atoms with E-state index in [-0.39, 0.29) is 6.61 Å². The van der Waals surface area contributed by atoms with E-state index in [0.717, 1.165) is 43.3 Å². The van der Waals surface area contributed by atoms with Crippen LogP contribution in [0.25, 0.3) is 0 Å². The number of benzene rings is 1. The van der Waals surface area contributed by atoms with E-state index < -0.39 is 0 Å². The first kappa shape index (κ1) is 16.0. The molecule has 4 nitrogen and oxygen atoms in total. The third-order valence-corrected chi connectivity index (χ3v) is 4.44. The molecule has 0 saturated carbocycles. The zero-order valence-electron chi connectivity index (χ0n) is 13.7. The molecule has 0 spiro atoms. The Morgan fingerprint density at radius 1 is 1.17 bits per heavy atom. The van der Waals surface area contributed by atoms with Crippen molar-refractivity contribution >= 4 is 5.82 Å². The summed E-state index contributed by atoms with van der Waals surface area (Å²) in [6.07, 6.45) is 1.23. The molecule has 0 aliphatic carbocycles. The Labute approximate surface area is 138 Å². The summed E-state index contributed by atoms with van der Waals surface area (Å²) in [5.41, 5.74) is 3.34. The van der Waals surface area contributed by atoms with E-state index in [1.54, 1.807) is 0 Å². The van der Waals surface area contributed by atoms with Gasteiger partial charge in [0.15, 0.2) is 0 Å². The van der Waals surface area contributed by atoms with Crippen molar-refractivity contribution in [2.24, 2.45) is 5.92 Å². The molecule has 1 atom stereocenters. The van der Waals surface area contributed by atoms with E-state index in [4.69, 9.17) is 5.11 Å². The van der Waals surface area contributed by atoms with Gasteiger partial charge in [-0.2, -0.15) is 0 Å². The highest BCUT2D eigenvalue weighted by atomic mass is 16.3. The molecule has 122 valence electrons. The van der Waals surface area contributed by atoms with Crippen LogP contribution < -0.4 is 5.32 Å². The number of hydrogen-bond acceptors (Lipinski definition) is 4. The van der Waals surface area contributed by atoms with Crippen LogP contribution >= 0.6 is 0 Å². The molecule has 23 heavy (non-hydrogen) atoms. The first-order valence-electron chi connectivity index (χ1n) is 8.31. The molecule has 2 N–H and O–H groups in total. The zero-order chi connectivity index (χ0) is 16.1. The second-order valence-electron chi connectivity index (χ2n) is 6.41. The Kier molecular flexibility index (Phi) is 5.26. The summed E-state index contributed by atoms with van der Waals surface area (Å²) in [4.78, 5) is 7.00. The molecule has 1 saturated heterocycles. The molecule has 1 aromatic heterocycles. The van der Waals surface area contributed by atoms with Crippen LogP contribution in [-0.4, -0.2) is 34.6 Å². The van der Waals surface area contributed by atoms with Gasteiger partial charge in [0.25, 0.3) is 0 Å². The molecule has 0 radical (unpaired) electrons. The highest BCUT2D eigenvalue weighted by molar-refractivity contribution is 5.35. The number of likely N-dealkylation sites (tertiary alicyclic amines) is 1. The highest BCUT2D eigenvalue weighted by Gasteiger charge is 2.22. The molecule has 2 heterocycles. The number of anilines is 1. The fraction of sp³-hybridized carbons (Fsp3) is 0.421. The highest BCUT2D eigenvalue weighted by Crippen LogP contribution is 2.19. The van der Waals surface area contributed by atoms with Gasteiger partial charge in [-0.1, -0.05) is 30.3 Å². The number of pyridine rings is 1. The van der Waals surface area contributed by atoms with Crippen LogP contribution in [-0.2, 0) is 13.2 Å². The molecule has 1 aliphatic rings. The maximum atomic E-state index is 9.10. The Bertz CT molecular complexity index is 627. The van der Waals surface area contributed by atoms with Gasteiger partial charge in [0.05, 0.1) is 6.61 Å². The summed E-state index contributed by atoms with van der Waals surface area (Å²) in [6, 6.07) is 14.3. The third kappa shape index (κ3) is 4.53. The number of rotatable bonds is 6. The molecule has 2 aromatic rings. The van der Waals surface area contributed by atoms with Gasteiger partial charge < -0.3 is 10.4 Å². The van der Waals surface area contributed by atoms with Crippen LogP contribution in [0.3, 0.4) is 0 Å². The SMILES string of the molecule is Cc1cccc(NCC2CCN(Cc3ccc(CO)cc3)C2)n1. The molecule has 1 unspecified atom stereocenters. The Morgan fingerprint density at radius 3 is 2.70 bits per heavy atom. The Balaban J connectivity index is 1.46. The van der Waals surface area contributed by atoms with Crippen LogP contribution in [0.2, 0.25) is 0 Å². The summed E-state index contributed by atoms with van der Waals surface area (Å²) in [7, 11) is 0. The van der Waals surface area contributed by atoms with Gasteiger partial charge in [-0.25, -0.2) is 4.98 Å². The monoisotopic (exact) mass is 311 g/mol. The summed E-state index contributed by atoms with van der Waals surface area (Å²) < 4.78 is 0. The molecule has 1 aliphatic heterocycles. The molecule has 0 bridgehead atoms. The van der Waals surface area contributed by atoms with E-state index >= 15 is 0 Å². The summed E-state index contributed by atoms with van der Waals surface area (Å²) >= 11 is 0. The summed E-state index contributed by atoms with van der Waals surface area (Å²) in [6.45, 7) is 6.38. The van der Waals surface area contributed by atoms with E-state index in [9.17, 15) is 0 Å². The first-order chi connectivity index (χ1) is 11.2. The van der Waals surface area contributed by atoms with Crippen molar-refractivity contribution in [3.63, 3.8) is 0 Å². The summed E-state index contributed by atoms with van der Waals surface area (Å²) in [5, 5.41) is 12.6. The predicted octanol–water partition coefficient (Wildman–Crippen LogP) is 2.82. The molecule has 1 aromatic carbocycles. The van der Waals surface area contributed by atoms with Crippen molar-refractivity contribution < 1.29 is 5.11 Å². The van der Waals surface area contributed by atoms with E-state index in [2.05, 4.69) is 27.3 Å². The number of aryl methyl sites for hydroxylation is 1. The van der Waals surface area contributed by atoms with E-state index in [1.807, 2.05) is 37.3 Å². The minimum absolute atomic E-state index is 0.116. The zero-order valence-corrected chi connectivity index (χ0v) is 13.7. The van der Waals surface area contributed by atoms with Gasteiger partial charge in [-0.05, 0) is 49.1 Å². The van der Waals surface area contributed by atoms with Crippen molar-refractivity contribution in [3.05, 3.63) is 59.3 Å². The van der Waals surface area contributed by atoms with Gasteiger partial charge in [-0.3, -0.25) is 4.90 Å². The average Bonchev–Trinajstić information content (AvgIpc) is 3.01. The lowest BCUT2D eigenvalue weighted by atomic mass is 10.1. The van der Waals surface area contributed by atoms with Gasteiger partial charge in [0, 0.05) is 25.3 Å². The largest absolute Gasteiger partial charge is 0.392 e. The standard InChI is InChI=1S/C19H25N3O/c1-15-3-2-4-19(21-15)20-11-18-9-10-22(13-18)12-16-5-7-17(14-23)8-6-16/h2-8,18,23H,9-14H2,1H3,(H,20,21). The van der Waals surface area contributed by atoms with Crippen molar-refractivity contribution in [2.45, 2.75) is 26.5 Å². The summed E-state index contributed by atoms with van der Waals surface area (Å²) in [5.74, 6) is 1.65. The Hall–Kier alpha value is -1.91. The maximum Gasteiger partial charge on any atom is 0.126 e. The van der Waals surface area contributed by atoms with E-state index in [1.165, 1.54) is 12.0 Å². The van der Waals surface area contributed by atoms with Crippen LogP contribution in [0.1, 0.15) is 23.2 Å². The molecular weight excluding hydrogens is 286 g/mol. The average molecular weight is 311 g/mol. The fourth-order valence-corrected chi connectivity index (χ4v) is 3.12. The van der Waals surface area contributed by atoms with Gasteiger partial charge in [0.1, 0.15) is 5.82 Å². The molecule has 3 rings (SSSR count). The maximum absolute atomic E-state index is 9.10. The first-order valence-corrected chi connectivity index (χ1v) is 8.31. The van der Waals surface area contributed by atoms with Crippen LogP contribution in [0.5, 0.6) is 0 Å². The van der Waals surface area contributed by atoms with Crippen molar-refractivity contribution in [1.29, 1.82) is 0 Å². The normalized spacial score (nSPS) is 18.3. The van der Waals surface area contributed by atoms with Gasteiger partial charge in [0.2, 0.25) is 0 Å². The second kappa shape index (κ2) is 7.57. The fourth-order valence-electron chi connectivity index (χ4n) is 3.12. The molecular formula is C19H25N3O. The number of nitrogens with zero attached hydrogens (tertiary/aromatic N) is 2. The number of aliphatic hydroxyl groups excluding tert-OH is 1. The van der Waals surface area contributed by atoms with Gasteiger partial charge >= 0.3 is 0 Å². The lowest BCUT2D eigenvalue weighted by Crippen LogP contribution is -2.22. The number of hydrogen-bond donors (Lipinski definition) is 2. The minimum atomic E-state index is 0.116. The Morgan fingerprint density at radius 2 is 1.96 bits per heavy atom. The number of nitrogens with one attached hydrogen (secondary N) is 1. The predicted molar refractivity (Wildman–Crippen MR) is 93.2 cm³/mol. The minimum Gasteiger partial charge on any atom is -0.392 e. The number of aliphatic hydroxyl groups is 1. The van der Waals surface area contributed by atoms with Crippen molar-refractivity contribution in [2.75, 3.05) is 25.0 Å². The van der Waals surface area contributed by atoms with Crippen molar-refractivity contribution in [1.82, 2.24) is 9.88 Å². The quantitative estimate of drug-likeness (QED) is 0.861. The lowest BCUT2D eigenvalue weighted by Gasteiger charge is -2.17. The van der Waals surface area contributed by atoms with Gasteiger partial charge in [-0.15, -0.1) is 0 Å². The van der Waals surface area contributed by atoms with Crippen LogP contribution in [0.15, 0.2) is 42.5 Å². The smallest absolute Gasteiger partial charge is 0.126 e. The van der Waals surface area contributed by atoms with Crippen molar-refractivity contribution in [3.8, 4) is 0 Å². The second-order valence-corrected chi connectivity index (χ2v) is 6.41. The molecule has 1 fully saturated rings. The molecule has 0 amide bonds. The van der Waals surface area contributed by atoms with Crippen LogP contribution in [0, 0.1) is 12.8 Å². The molecule has 4 heteroatoms. The van der Waals surface area contributed by atoms with Crippen LogP contribution in [0.4, 0.5) is 5.82 Å². The van der Waals surface area contributed by atoms with E-state index in [0.29, 0.717) is 5.92 Å². The topological polar surface area (TPSA) is 48.4 Å².